The maximum atomic E-state index is 12.5. The Morgan fingerprint density at radius 2 is 1.93 bits per heavy atom. The summed E-state index contributed by atoms with van der Waals surface area (Å²) in [6.45, 7) is 2.94. The first-order chi connectivity index (χ1) is 6.73. The molecule has 0 bridgehead atoms. The predicted octanol–water partition coefficient (Wildman–Crippen LogP) is 2.01. The van der Waals surface area contributed by atoms with Crippen LogP contribution in [0.4, 0.5) is 19.0 Å². The number of anilines is 1. The van der Waals surface area contributed by atoms with Crippen LogP contribution in [0.15, 0.2) is 6.07 Å². The third-order valence-corrected chi connectivity index (χ3v) is 2.09. The lowest BCUT2D eigenvalue weighted by molar-refractivity contribution is -0.141. The van der Waals surface area contributed by atoms with Crippen LogP contribution >= 0.6 is 0 Å². The second-order valence-corrected chi connectivity index (χ2v) is 3.40. The summed E-state index contributed by atoms with van der Waals surface area (Å²) in [5.41, 5.74) is 10.3. The topological polar surface area (TPSA) is 64.9 Å². The van der Waals surface area contributed by atoms with E-state index < -0.39 is 17.9 Å². The molecule has 4 N–H and O–H groups in total. The number of alkyl halides is 3. The molecule has 0 aliphatic carbocycles. The highest BCUT2D eigenvalue weighted by molar-refractivity contribution is 5.43. The smallest absolute Gasteiger partial charge is 0.384 e. The summed E-state index contributed by atoms with van der Waals surface area (Å²) < 4.78 is 37.5. The van der Waals surface area contributed by atoms with Crippen LogP contribution in [0.5, 0.6) is 0 Å². The van der Waals surface area contributed by atoms with E-state index in [-0.39, 0.29) is 11.4 Å². The SMILES string of the molecule is Cc1c([C@@H](C)N)cc(N)nc1C(F)(F)F. The average Bonchev–Trinajstić information content (AvgIpc) is 2.06. The van der Waals surface area contributed by atoms with Crippen molar-refractivity contribution >= 4 is 5.82 Å². The molecule has 6 heteroatoms. The lowest BCUT2D eigenvalue weighted by Gasteiger charge is -2.16. The van der Waals surface area contributed by atoms with E-state index in [4.69, 9.17) is 11.5 Å². The molecule has 1 rings (SSSR count). The molecule has 1 aromatic heterocycles. The normalized spacial score (nSPS) is 14.0. The molecule has 1 atom stereocenters. The lowest BCUT2D eigenvalue weighted by Crippen LogP contribution is -2.17. The maximum absolute atomic E-state index is 12.5. The standard InChI is InChI=1S/C9H12F3N3/c1-4-6(5(2)13)3-7(14)15-8(4)9(10,11)12/h3,5H,13H2,1-2H3,(H2,14,15)/t5-/m1/s1. The van der Waals surface area contributed by atoms with Crippen molar-refractivity contribution in [3.8, 4) is 0 Å². The van der Waals surface area contributed by atoms with Gasteiger partial charge in [0.1, 0.15) is 11.5 Å². The van der Waals surface area contributed by atoms with Gasteiger partial charge in [-0.2, -0.15) is 13.2 Å². The molecular formula is C9H12F3N3. The lowest BCUT2D eigenvalue weighted by atomic mass is 10.0. The molecule has 84 valence electrons. The van der Waals surface area contributed by atoms with Crippen molar-refractivity contribution in [2.24, 2.45) is 5.73 Å². The predicted molar refractivity (Wildman–Crippen MR) is 51.0 cm³/mol. The molecule has 0 aromatic carbocycles. The summed E-state index contributed by atoms with van der Waals surface area (Å²) in [5, 5.41) is 0. The molecule has 0 spiro atoms. The molecule has 0 amide bonds. The highest BCUT2D eigenvalue weighted by atomic mass is 19.4. The van der Waals surface area contributed by atoms with E-state index in [9.17, 15) is 13.2 Å². The minimum Gasteiger partial charge on any atom is -0.384 e. The zero-order valence-electron chi connectivity index (χ0n) is 8.39. The number of pyridine rings is 1. The van der Waals surface area contributed by atoms with Gasteiger partial charge in [0.2, 0.25) is 0 Å². The summed E-state index contributed by atoms with van der Waals surface area (Å²) in [7, 11) is 0. The van der Waals surface area contributed by atoms with Crippen molar-refractivity contribution in [3.63, 3.8) is 0 Å². The fraction of sp³-hybridized carbons (Fsp3) is 0.444. The minimum atomic E-state index is -4.50. The summed E-state index contributed by atoms with van der Waals surface area (Å²) in [5.74, 6) is -0.166. The van der Waals surface area contributed by atoms with Gasteiger partial charge in [0.25, 0.3) is 0 Å². The Kier molecular flexibility index (Phi) is 2.90. The summed E-state index contributed by atoms with van der Waals surface area (Å²) in [6.07, 6.45) is -4.50. The van der Waals surface area contributed by atoms with Gasteiger partial charge in [-0.3, -0.25) is 0 Å². The molecular weight excluding hydrogens is 207 g/mol. The zero-order chi connectivity index (χ0) is 11.8. The summed E-state index contributed by atoms with van der Waals surface area (Å²) in [4.78, 5) is 3.28. The Bertz CT molecular complexity index is 372. The number of hydrogen-bond acceptors (Lipinski definition) is 3. The monoisotopic (exact) mass is 219 g/mol. The van der Waals surface area contributed by atoms with Crippen LogP contribution in [0.3, 0.4) is 0 Å². The van der Waals surface area contributed by atoms with E-state index >= 15 is 0 Å². The van der Waals surface area contributed by atoms with E-state index in [1.807, 2.05) is 0 Å². The molecule has 0 saturated heterocycles. The van der Waals surface area contributed by atoms with Gasteiger partial charge >= 0.3 is 6.18 Å². The minimum absolute atomic E-state index is 0.0340. The first kappa shape index (κ1) is 11.8. The van der Waals surface area contributed by atoms with Crippen molar-refractivity contribution in [3.05, 3.63) is 22.9 Å². The second-order valence-electron chi connectivity index (χ2n) is 3.40. The first-order valence-corrected chi connectivity index (χ1v) is 4.33. The van der Waals surface area contributed by atoms with Crippen molar-refractivity contribution < 1.29 is 13.2 Å². The highest BCUT2D eigenvalue weighted by Gasteiger charge is 2.35. The Labute approximate surface area is 85.3 Å². The molecule has 0 fully saturated rings. The molecule has 1 aromatic rings. The quantitative estimate of drug-likeness (QED) is 0.759. The first-order valence-electron chi connectivity index (χ1n) is 4.33. The number of hydrogen-bond donors (Lipinski definition) is 2. The van der Waals surface area contributed by atoms with Crippen molar-refractivity contribution in [1.82, 2.24) is 4.98 Å². The van der Waals surface area contributed by atoms with Gasteiger partial charge in [0.05, 0.1) is 0 Å². The van der Waals surface area contributed by atoms with Gasteiger partial charge in [0.15, 0.2) is 0 Å². The van der Waals surface area contributed by atoms with Crippen LogP contribution < -0.4 is 11.5 Å². The van der Waals surface area contributed by atoms with E-state index in [0.29, 0.717) is 5.56 Å². The second kappa shape index (κ2) is 3.69. The van der Waals surface area contributed by atoms with E-state index in [2.05, 4.69) is 4.98 Å². The number of halogens is 3. The Balaban J connectivity index is 3.42. The van der Waals surface area contributed by atoms with Gasteiger partial charge in [-0.1, -0.05) is 0 Å². The van der Waals surface area contributed by atoms with Gasteiger partial charge in [0, 0.05) is 6.04 Å². The third kappa shape index (κ3) is 2.38. The average molecular weight is 219 g/mol. The van der Waals surface area contributed by atoms with Crippen LogP contribution in [0.25, 0.3) is 0 Å². The van der Waals surface area contributed by atoms with Crippen LogP contribution in [0.2, 0.25) is 0 Å². The maximum Gasteiger partial charge on any atom is 0.433 e. The largest absolute Gasteiger partial charge is 0.433 e. The van der Waals surface area contributed by atoms with Gasteiger partial charge in [-0.05, 0) is 31.0 Å². The van der Waals surface area contributed by atoms with Gasteiger partial charge in [-0.15, -0.1) is 0 Å². The molecule has 3 nitrogen and oxygen atoms in total. The van der Waals surface area contributed by atoms with Crippen molar-refractivity contribution in [1.29, 1.82) is 0 Å². The number of nitrogen functional groups attached to an aromatic ring is 1. The van der Waals surface area contributed by atoms with Crippen molar-refractivity contribution in [2.45, 2.75) is 26.1 Å². The van der Waals surface area contributed by atoms with E-state index in [0.717, 1.165) is 0 Å². The zero-order valence-corrected chi connectivity index (χ0v) is 8.39. The molecule has 0 aliphatic rings. The number of nitrogens with zero attached hydrogens (tertiary/aromatic N) is 1. The Morgan fingerprint density at radius 3 is 2.33 bits per heavy atom. The summed E-state index contributed by atoms with van der Waals surface area (Å²) >= 11 is 0. The van der Waals surface area contributed by atoms with E-state index in [1.165, 1.54) is 13.0 Å². The highest BCUT2D eigenvalue weighted by Crippen LogP contribution is 2.33. The third-order valence-electron chi connectivity index (χ3n) is 2.09. The van der Waals surface area contributed by atoms with Gasteiger partial charge < -0.3 is 11.5 Å². The van der Waals surface area contributed by atoms with Crippen LogP contribution in [-0.4, -0.2) is 4.98 Å². The van der Waals surface area contributed by atoms with Crippen molar-refractivity contribution in [2.75, 3.05) is 5.73 Å². The summed E-state index contributed by atoms with van der Waals surface area (Å²) in [6, 6.07) is 0.867. The fourth-order valence-electron chi connectivity index (χ4n) is 1.40. The fourth-order valence-corrected chi connectivity index (χ4v) is 1.40. The van der Waals surface area contributed by atoms with Gasteiger partial charge in [-0.25, -0.2) is 4.98 Å². The van der Waals surface area contributed by atoms with Crippen LogP contribution in [0.1, 0.15) is 29.8 Å². The van der Waals surface area contributed by atoms with Crippen LogP contribution in [0, 0.1) is 6.92 Å². The molecule has 0 radical (unpaired) electrons. The van der Waals surface area contributed by atoms with E-state index in [1.54, 1.807) is 6.92 Å². The molecule has 15 heavy (non-hydrogen) atoms. The molecule has 0 unspecified atom stereocenters. The number of nitrogens with two attached hydrogens (primary N) is 2. The molecule has 0 aliphatic heterocycles. The Hall–Kier alpha value is -1.30. The molecule has 1 heterocycles. The Morgan fingerprint density at radius 1 is 1.40 bits per heavy atom. The molecule has 0 saturated carbocycles. The number of aromatic nitrogens is 1. The van der Waals surface area contributed by atoms with Crippen LogP contribution in [-0.2, 0) is 6.18 Å². The number of rotatable bonds is 1.